The smallest absolute Gasteiger partial charge is 0.145 e. The topological polar surface area (TPSA) is 39.9 Å². The lowest BCUT2D eigenvalue weighted by molar-refractivity contribution is 0.00119. The van der Waals surface area contributed by atoms with Crippen molar-refractivity contribution in [2.24, 2.45) is 0 Å². The highest BCUT2D eigenvalue weighted by Crippen LogP contribution is 2.33. The maximum atomic E-state index is 6.28. The van der Waals surface area contributed by atoms with Gasteiger partial charge in [0.15, 0.2) is 0 Å². The molecule has 0 saturated carbocycles. The van der Waals surface area contributed by atoms with Crippen LogP contribution in [0.1, 0.15) is 36.7 Å². The molecule has 0 radical (unpaired) electrons. The molecule has 3 aromatic rings. The zero-order valence-electron chi connectivity index (χ0n) is 13.4. The summed E-state index contributed by atoms with van der Waals surface area (Å²) in [5.74, 6) is 0. The van der Waals surface area contributed by atoms with Crippen LogP contribution in [0.25, 0.3) is 11.0 Å². The first kappa shape index (κ1) is 14.4. The highest BCUT2D eigenvalue weighted by atomic mass is 16.5. The Kier molecular flexibility index (Phi) is 3.83. The molecule has 0 bridgehead atoms. The van der Waals surface area contributed by atoms with E-state index in [1.54, 1.807) is 6.33 Å². The summed E-state index contributed by atoms with van der Waals surface area (Å²) in [7, 11) is 0. The summed E-state index contributed by atoms with van der Waals surface area (Å²) >= 11 is 0. The van der Waals surface area contributed by atoms with E-state index in [1.807, 2.05) is 6.92 Å². The second kappa shape index (κ2) is 6.13. The fraction of sp³-hybridized carbons (Fsp3) is 0.368. The first-order chi connectivity index (χ1) is 11.3. The van der Waals surface area contributed by atoms with Crippen LogP contribution in [0.5, 0.6) is 0 Å². The number of rotatable bonds is 4. The highest BCUT2D eigenvalue weighted by molar-refractivity contribution is 5.78. The largest absolute Gasteiger partial charge is 0.355 e. The molecule has 1 aliphatic rings. The molecule has 2 aromatic heterocycles. The molecule has 1 aliphatic heterocycles. The molecule has 4 rings (SSSR count). The number of nitrogens with zero attached hydrogens (tertiary/aromatic N) is 3. The van der Waals surface area contributed by atoms with E-state index < -0.39 is 0 Å². The zero-order valence-corrected chi connectivity index (χ0v) is 13.4. The minimum atomic E-state index is 0.0996. The van der Waals surface area contributed by atoms with E-state index in [9.17, 15) is 0 Å². The molecule has 0 amide bonds. The summed E-state index contributed by atoms with van der Waals surface area (Å²) in [6.07, 6.45) is 8.46. The van der Waals surface area contributed by atoms with E-state index in [4.69, 9.17) is 4.74 Å². The van der Waals surface area contributed by atoms with Gasteiger partial charge in [-0.15, -0.1) is 0 Å². The quantitative estimate of drug-likeness (QED) is 0.730. The van der Waals surface area contributed by atoms with Crippen LogP contribution in [0.2, 0.25) is 0 Å². The van der Waals surface area contributed by atoms with Crippen molar-refractivity contribution in [2.45, 2.75) is 44.9 Å². The molecule has 2 atom stereocenters. The van der Waals surface area contributed by atoms with Gasteiger partial charge in [0, 0.05) is 11.6 Å². The maximum absolute atomic E-state index is 6.28. The summed E-state index contributed by atoms with van der Waals surface area (Å²) < 4.78 is 8.44. The number of aryl methyl sites for hydroxylation is 2. The number of hydrogen-bond acceptors (Lipinski definition) is 3. The van der Waals surface area contributed by atoms with Crippen molar-refractivity contribution in [3.63, 3.8) is 0 Å². The Hall–Kier alpha value is -2.20. The summed E-state index contributed by atoms with van der Waals surface area (Å²) in [4.78, 5) is 8.70. The normalized spacial score (nSPS) is 21.1. The standard InChI is InChI=1S/C19H21N3O/c1-14-17-11-12-22(19(17)21-13-20-14)18-10-9-16(23-18)8-7-15-5-3-2-4-6-15/h2-6,11-13,16,18H,7-10H2,1H3. The van der Waals surface area contributed by atoms with Crippen LogP contribution in [0.3, 0.4) is 0 Å². The number of aromatic nitrogens is 3. The molecule has 1 aromatic carbocycles. The molecule has 118 valence electrons. The van der Waals surface area contributed by atoms with Gasteiger partial charge >= 0.3 is 0 Å². The fourth-order valence-corrected chi connectivity index (χ4v) is 3.41. The van der Waals surface area contributed by atoms with Crippen LogP contribution in [-0.4, -0.2) is 20.6 Å². The second-order valence-electron chi connectivity index (χ2n) is 6.23. The Morgan fingerprint density at radius 3 is 2.87 bits per heavy atom. The van der Waals surface area contributed by atoms with Gasteiger partial charge in [-0.1, -0.05) is 30.3 Å². The Morgan fingerprint density at radius 2 is 2.00 bits per heavy atom. The molecule has 1 fully saturated rings. The number of fused-ring (bicyclic) bond motifs is 1. The zero-order chi connectivity index (χ0) is 15.6. The fourth-order valence-electron chi connectivity index (χ4n) is 3.41. The van der Waals surface area contributed by atoms with Crippen molar-refractivity contribution in [2.75, 3.05) is 0 Å². The average Bonchev–Trinajstić information content (AvgIpc) is 3.21. The van der Waals surface area contributed by atoms with Crippen molar-refractivity contribution in [3.05, 3.63) is 60.2 Å². The monoisotopic (exact) mass is 307 g/mol. The van der Waals surface area contributed by atoms with E-state index in [1.165, 1.54) is 5.56 Å². The summed E-state index contributed by atoms with van der Waals surface area (Å²) in [5.41, 5.74) is 3.38. The number of ether oxygens (including phenoxy) is 1. The molecule has 3 heterocycles. The van der Waals surface area contributed by atoms with Gasteiger partial charge in [-0.25, -0.2) is 9.97 Å². The first-order valence-electron chi connectivity index (χ1n) is 8.29. The Balaban J connectivity index is 1.44. The predicted octanol–water partition coefficient (Wildman–Crippen LogP) is 4.05. The lowest BCUT2D eigenvalue weighted by Gasteiger charge is -2.16. The lowest BCUT2D eigenvalue weighted by Crippen LogP contribution is -2.12. The molecule has 0 aliphatic carbocycles. The predicted molar refractivity (Wildman–Crippen MR) is 90.2 cm³/mol. The summed E-state index contributed by atoms with van der Waals surface area (Å²) in [6.45, 7) is 2.02. The third-order valence-electron chi connectivity index (χ3n) is 4.70. The highest BCUT2D eigenvalue weighted by Gasteiger charge is 2.27. The SMILES string of the molecule is Cc1ncnc2c1ccn2C1CCC(CCc2ccccc2)O1. The third-order valence-corrected chi connectivity index (χ3v) is 4.70. The molecule has 4 heteroatoms. The van der Waals surface area contributed by atoms with E-state index in [-0.39, 0.29) is 6.23 Å². The van der Waals surface area contributed by atoms with Gasteiger partial charge in [0.25, 0.3) is 0 Å². The van der Waals surface area contributed by atoms with E-state index >= 15 is 0 Å². The molecule has 0 spiro atoms. The first-order valence-corrected chi connectivity index (χ1v) is 8.29. The van der Waals surface area contributed by atoms with E-state index in [2.05, 4.69) is 57.1 Å². The van der Waals surface area contributed by atoms with Gasteiger partial charge < -0.3 is 9.30 Å². The average molecular weight is 307 g/mol. The van der Waals surface area contributed by atoms with Crippen LogP contribution in [0.15, 0.2) is 48.9 Å². The Labute approximate surface area is 136 Å². The maximum Gasteiger partial charge on any atom is 0.145 e. The van der Waals surface area contributed by atoms with Gasteiger partial charge in [0.1, 0.15) is 18.2 Å². The minimum absolute atomic E-state index is 0.0996. The van der Waals surface area contributed by atoms with Gasteiger partial charge in [0.2, 0.25) is 0 Å². The van der Waals surface area contributed by atoms with Crippen molar-refractivity contribution in [1.82, 2.24) is 14.5 Å². The Morgan fingerprint density at radius 1 is 1.13 bits per heavy atom. The lowest BCUT2D eigenvalue weighted by atomic mass is 10.1. The van der Waals surface area contributed by atoms with E-state index in [0.717, 1.165) is 42.4 Å². The summed E-state index contributed by atoms with van der Waals surface area (Å²) in [6, 6.07) is 12.7. The van der Waals surface area contributed by atoms with Crippen LogP contribution in [0.4, 0.5) is 0 Å². The van der Waals surface area contributed by atoms with Crippen LogP contribution >= 0.6 is 0 Å². The van der Waals surface area contributed by atoms with Crippen molar-refractivity contribution < 1.29 is 4.74 Å². The molecule has 23 heavy (non-hydrogen) atoms. The van der Waals surface area contributed by atoms with Gasteiger partial charge in [-0.3, -0.25) is 0 Å². The van der Waals surface area contributed by atoms with Crippen LogP contribution in [0, 0.1) is 6.92 Å². The minimum Gasteiger partial charge on any atom is -0.355 e. The van der Waals surface area contributed by atoms with Crippen molar-refractivity contribution in [1.29, 1.82) is 0 Å². The van der Waals surface area contributed by atoms with Gasteiger partial charge in [-0.2, -0.15) is 0 Å². The van der Waals surface area contributed by atoms with Crippen LogP contribution < -0.4 is 0 Å². The van der Waals surface area contributed by atoms with Crippen molar-refractivity contribution in [3.8, 4) is 0 Å². The van der Waals surface area contributed by atoms with Gasteiger partial charge in [0.05, 0.1) is 11.8 Å². The van der Waals surface area contributed by atoms with E-state index in [0.29, 0.717) is 6.10 Å². The number of hydrogen-bond donors (Lipinski definition) is 0. The van der Waals surface area contributed by atoms with Crippen molar-refractivity contribution >= 4 is 11.0 Å². The molecule has 4 nitrogen and oxygen atoms in total. The Bertz CT molecular complexity index is 797. The van der Waals surface area contributed by atoms with Crippen LogP contribution in [-0.2, 0) is 11.2 Å². The molecule has 2 unspecified atom stereocenters. The molecule has 0 N–H and O–H groups in total. The molecular weight excluding hydrogens is 286 g/mol. The number of benzene rings is 1. The third kappa shape index (κ3) is 2.86. The van der Waals surface area contributed by atoms with Gasteiger partial charge in [-0.05, 0) is 44.2 Å². The summed E-state index contributed by atoms with van der Waals surface area (Å²) in [5, 5.41) is 1.11. The molecular formula is C19H21N3O. The molecule has 1 saturated heterocycles. The second-order valence-corrected chi connectivity index (χ2v) is 6.23.